The summed E-state index contributed by atoms with van der Waals surface area (Å²) in [6.07, 6.45) is 2.17. The smallest absolute Gasteiger partial charge is 0.238 e. The minimum atomic E-state index is -0.384. The molecule has 5 nitrogen and oxygen atoms in total. The number of allylic oxidation sites excluding steroid dienone is 1. The monoisotopic (exact) mass is 420 g/mol. The van der Waals surface area contributed by atoms with Crippen LogP contribution in [0.4, 0.5) is 5.69 Å². The number of hydrogen-bond donors (Lipinski definition) is 0. The van der Waals surface area contributed by atoms with E-state index in [2.05, 4.69) is 55.2 Å². The summed E-state index contributed by atoms with van der Waals surface area (Å²) >= 11 is 3.05. The standard InChI is InChI=1S/C22H20N4OS2/c1-14-12-22(2,3)26(16-9-5-4-8-15(14)16)19(27)13-28-20-23-24-21-25(20)17-10-6-7-11-18(17)29-21/h4-12H,13H2,1-3H3. The predicted octanol–water partition coefficient (Wildman–Crippen LogP) is 5.26. The first-order valence-corrected chi connectivity index (χ1v) is 11.2. The van der Waals surface area contributed by atoms with Crippen LogP contribution in [0.2, 0.25) is 0 Å². The van der Waals surface area contributed by atoms with Gasteiger partial charge in [-0.25, -0.2) is 0 Å². The Morgan fingerprint density at radius 1 is 1.10 bits per heavy atom. The average molecular weight is 421 g/mol. The first kappa shape index (κ1) is 18.4. The Morgan fingerprint density at radius 2 is 1.86 bits per heavy atom. The van der Waals surface area contributed by atoms with Crippen molar-refractivity contribution in [2.45, 2.75) is 31.5 Å². The van der Waals surface area contributed by atoms with E-state index in [9.17, 15) is 4.79 Å². The van der Waals surface area contributed by atoms with E-state index in [0.717, 1.165) is 31.6 Å². The molecule has 1 aliphatic rings. The lowest BCUT2D eigenvalue weighted by Crippen LogP contribution is -2.49. The Labute approximate surface area is 177 Å². The summed E-state index contributed by atoms with van der Waals surface area (Å²) in [5.74, 6) is 0.364. The Kier molecular flexibility index (Phi) is 4.26. The molecule has 0 bridgehead atoms. The van der Waals surface area contributed by atoms with Crippen LogP contribution in [0, 0.1) is 0 Å². The highest BCUT2D eigenvalue weighted by Crippen LogP contribution is 2.39. The number of anilines is 1. The lowest BCUT2D eigenvalue weighted by atomic mass is 9.89. The zero-order valence-electron chi connectivity index (χ0n) is 16.4. The third kappa shape index (κ3) is 2.96. The summed E-state index contributed by atoms with van der Waals surface area (Å²) in [5.41, 5.74) is 3.97. The number of rotatable bonds is 3. The van der Waals surface area contributed by atoms with Crippen molar-refractivity contribution in [1.82, 2.24) is 14.6 Å². The van der Waals surface area contributed by atoms with E-state index in [0.29, 0.717) is 5.75 Å². The van der Waals surface area contributed by atoms with Gasteiger partial charge in [0, 0.05) is 5.56 Å². The number of thiazole rings is 1. The molecule has 0 fully saturated rings. The summed E-state index contributed by atoms with van der Waals surface area (Å²) < 4.78 is 3.20. The van der Waals surface area contributed by atoms with Gasteiger partial charge in [-0.3, -0.25) is 9.20 Å². The molecular formula is C22H20N4OS2. The van der Waals surface area contributed by atoms with E-state index >= 15 is 0 Å². The second-order valence-corrected chi connectivity index (χ2v) is 9.64. The number of aromatic nitrogens is 3. The summed E-state index contributed by atoms with van der Waals surface area (Å²) in [5, 5.41) is 9.37. The van der Waals surface area contributed by atoms with Crippen molar-refractivity contribution in [2.24, 2.45) is 0 Å². The number of carbonyl (C=O) groups is 1. The molecule has 5 rings (SSSR count). The minimum absolute atomic E-state index is 0.0625. The highest BCUT2D eigenvalue weighted by atomic mass is 32.2. The molecule has 0 N–H and O–H groups in total. The zero-order valence-corrected chi connectivity index (χ0v) is 18.0. The molecular weight excluding hydrogens is 400 g/mol. The normalized spacial score (nSPS) is 15.6. The van der Waals surface area contributed by atoms with Gasteiger partial charge in [-0.05, 0) is 44.5 Å². The lowest BCUT2D eigenvalue weighted by molar-refractivity contribution is -0.116. The molecule has 29 heavy (non-hydrogen) atoms. The molecule has 2 aromatic carbocycles. The lowest BCUT2D eigenvalue weighted by Gasteiger charge is -2.41. The summed E-state index contributed by atoms with van der Waals surface area (Å²) in [6, 6.07) is 16.3. The van der Waals surface area contributed by atoms with Crippen LogP contribution in [0.25, 0.3) is 20.8 Å². The van der Waals surface area contributed by atoms with Gasteiger partial charge in [0.15, 0.2) is 5.16 Å². The van der Waals surface area contributed by atoms with Crippen molar-refractivity contribution < 1.29 is 4.79 Å². The number of fused-ring (bicyclic) bond motifs is 4. The number of benzene rings is 2. The topological polar surface area (TPSA) is 50.5 Å². The van der Waals surface area contributed by atoms with Crippen molar-refractivity contribution in [1.29, 1.82) is 0 Å². The van der Waals surface area contributed by atoms with Gasteiger partial charge in [0.2, 0.25) is 10.9 Å². The molecule has 0 saturated heterocycles. The van der Waals surface area contributed by atoms with E-state index in [4.69, 9.17) is 0 Å². The fourth-order valence-electron chi connectivity index (χ4n) is 4.08. The molecule has 0 unspecified atom stereocenters. The second kappa shape index (κ2) is 6.71. The SMILES string of the molecule is CC1=CC(C)(C)N(C(=O)CSc2nnc3sc4ccccc4n23)c2ccccc21. The van der Waals surface area contributed by atoms with Gasteiger partial charge in [-0.15, -0.1) is 10.2 Å². The fourth-order valence-corrected chi connectivity index (χ4v) is 5.90. The van der Waals surface area contributed by atoms with Gasteiger partial charge in [-0.2, -0.15) is 0 Å². The number of thioether (sulfide) groups is 1. The van der Waals surface area contributed by atoms with Gasteiger partial charge in [0.25, 0.3) is 0 Å². The van der Waals surface area contributed by atoms with Crippen molar-refractivity contribution in [2.75, 3.05) is 10.7 Å². The van der Waals surface area contributed by atoms with Gasteiger partial charge in [0.1, 0.15) is 0 Å². The fraction of sp³-hybridized carbons (Fsp3) is 0.227. The molecule has 7 heteroatoms. The predicted molar refractivity (Wildman–Crippen MR) is 121 cm³/mol. The number of para-hydroxylation sites is 2. The molecule has 3 heterocycles. The van der Waals surface area contributed by atoms with Crippen LogP contribution in [0.1, 0.15) is 26.3 Å². The first-order chi connectivity index (χ1) is 14.0. The van der Waals surface area contributed by atoms with E-state index in [1.54, 1.807) is 11.3 Å². The summed E-state index contributed by atoms with van der Waals surface area (Å²) in [6.45, 7) is 6.26. The van der Waals surface area contributed by atoms with Crippen LogP contribution >= 0.6 is 23.1 Å². The van der Waals surface area contributed by atoms with E-state index in [1.807, 2.05) is 39.6 Å². The van der Waals surface area contributed by atoms with Crippen LogP contribution in [0.5, 0.6) is 0 Å². The number of amides is 1. The maximum Gasteiger partial charge on any atom is 0.238 e. The van der Waals surface area contributed by atoms with Gasteiger partial charge >= 0.3 is 0 Å². The van der Waals surface area contributed by atoms with Crippen molar-refractivity contribution in [3.63, 3.8) is 0 Å². The Balaban J connectivity index is 1.46. The molecule has 4 aromatic rings. The summed E-state index contributed by atoms with van der Waals surface area (Å²) in [4.78, 5) is 16.1. The molecule has 2 aromatic heterocycles. The van der Waals surface area contributed by atoms with Crippen LogP contribution in [-0.2, 0) is 4.79 Å². The van der Waals surface area contributed by atoms with Gasteiger partial charge in [0.05, 0.1) is 27.2 Å². The highest BCUT2D eigenvalue weighted by Gasteiger charge is 2.35. The van der Waals surface area contributed by atoms with Crippen LogP contribution < -0.4 is 4.90 Å². The Morgan fingerprint density at radius 3 is 2.72 bits per heavy atom. The van der Waals surface area contributed by atoms with Crippen LogP contribution in [0.15, 0.2) is 59.8 Å². The Hall–Kier alpha value is -2.64. The Bertz CT molecular complexity index is 1280. The van der Waals surface area contributed by atoms with Crippen molar-refractivity contribution >= 4 is 55.4 Å². The molecule has 146 valence electrons. The largest absolute Gasteiger partial charge is 0.302 e. The summed E-state index contributed by atoms with van der Waals surface area (Å²) in [7, 11) is 0. The van der Waals surface area contributed by atoms with Crippen LogP contribution in [-0.4, -0.2) is 31.8 Å². The third-order valence-electron chi connectivity index (χ3n) is 5.20. The van der Waals surface area contributed by atoms with E-state index < -0.39 is 0 Å². The third-order valence-corrected chi connectivity index (χ3v) is 7.13. The molecule has 0 saturated carbocycles. The number of hydrogen-bond acceptors (Lipinski definition) is 5. The molecule has 0 radical (unpaired) electrons. The molecule has 1 aliphatic heterocycles. The van der Waals surface area contributed by atoms with Crippen LogP contribution in [0.3, 0.4) is 0 Å². The minimum Gasteiger partial charge on any atom is -0.302 e. The maximum absolute atomic E-state index is 13.3. The molecule has 0 atom stereocenters. The zero-order chi connectivity index (χ0) is 20.2. The first-order valence-electron chi connectivity index (χ1n) is 9.43. The van der Waals surface area contributed by atoms with Gasteiger partial charge in [-0.1, -0.05) is 59.5 Å². The van der Waals surface area contributed by atoms with Crippen molar-refractivity contribution in [3.8, 4) is 0 Å². The number of carbonyl (C=O) groups excluding carboxylic acids is 1. The average Bonchev–Trinajstić information content (AvgIpc) is 3.25. The van der Waals surface area contributed by atoms with Gasteiger partial charge < -0.3 is 4.90 Å². The van der Waals surface area contributed by atoms with E-state index in [1.165, 1.54) is 17.3 Å². The highest BCUT2D eigenvalue weighted by molar-refractivity contribution is 7.99. The quantitative estimate of drug-likeness (QED) is 0.424. The van der Waals surface area contributed by atoms with Crippen molar-refractivity contribution in [3.05, 3.63) is 60.2 Å². The second-order valence-electron chi connectivity index (χ2n) is 7.69. The maximum atomic E-state index is 13.3. The van der Waals surface area contributed by atoms with E-state index in [-0.39, 0.29) is 11.4 Å². The number of nitrogens with zero attached hydrogens (tertiary/aromatic N) is 4. The molecule has 1 amide bonds. The molecule has 0 aliphatic carbocycles. The molecule has 0 spiro atoms.